The minimum atomic E-state index is -0.804. The third-order valence-electron chi connectivity index (χ3n) is 9.17. The number of aliphatic hydroxyl groups excluding tert-OH is 1. The fourth-order valence-electron chi connectivity index (χ4n) is 7.52. The molecule has 3 aliphatic rings. The van der Waals surface area contributed by atoms with Crippen LogP contribution in [-0.2, 0) is 10.5 Å². The number of aliphatic hydroxyl groups is 1. The molecule has 1 fully saturated rings. The Morgan fingerprint density at radius 1 is 1.03 bits per heavy atom. The van der Waals surface area contributed by atoms with E-state index >= 15 is 0 Å². The molecule has 0 radical (unpaired) electrons. The number of rotatable bonds is 1. The predicted molar refractivity (Wildman–Crippen MR) is 137 cm³/mol. The summed E-state index contributed by atoms with van der Waals surface area (Å²) in [4.78, 5) is 13.5. The fraction of sp³-hybridized carbons (Fsp3) is 0.345. The van der Waals surface area contributed by atoms with Gasteiger partial charge in [0.25, 0.3) is 0 Å². The minimum Gasteiger partial charge on any atom is -0.388 e. The second kappa shape index (κ2) is 6.32. The van der Waals surface area contributed by atoms with Gasteiger partial charge in [0, 0.05) is 57.5 Å². The number of carbonyl (C=O) groups excluding carboxylic acids is 1. The summed E-state index contributed by atoms with van der Waals surface area (Å²) in [6.07, 6.45) is -0.0174. The smallest absolute Gasteiger partial charge is 0.166 e. The predicted octanol–water partition coefficient (Wildman–Crippen LogP) is 5.35. The molecule has 0 unspecified atom stereocenters. The molecule has 4 heterocycles. The first-order chi connectivity index (χ1) is 17.0. The van der Waals surface area contributed by atoms with Gasteiger partial charge in [-0.15, -0.1) is 0 Å². The zero-order valence-electron chi connectivity index (χ0n) is 20.0. The molecular weight excluding hydrogens is 438 g/mol. The Balaban J connectivity index is 1.75. The first kappa shape index (κ1) is 20.0. The highest BCUT2D eigenvalue weighted by Gasteiger charge is 2.51. The second-order valence-corrected chi connectivity index (χ2v) is 10.7. The van der Waals surface area contributed by atoms with Crippen LogP contribution < -0.4 is 5.32 Å². The van der Waals surface area contributed by atoms with Crippen LogP contribution in [0.4, 0.5) is 0 Å². The van der Waals surface area contributed by atoms with Gasteiger partial charge in [-0.05, 0) is 26.1 Å². The summed E-state index contributed by atoms with van der Waals surface area (Å²) in [7, 11) is 2.03. The Bertz CT molecular complexity index is 1760. The van der Waals surface area contributed by atoms with Crippen LogP contribution in [0.3, 0.4) is 0 Å². The Kier molecular flexibility index (Phi) is 3.62. The average Bonchev–Trinajstić information content (AvgIpc) is 3.45. The van der Waals surface area contributed by atoms with Crippen molar-refractivity contribution in [1.29, 1.82) is 0 Å². The van der Waals surface area contributed by atoms with E-state index in [0.717, 1.165) is 55.6 Å². The monoisotopic (exact) mass is 465 g/mol. The zero-order chi connectivity index (χ0) is 23.8. The molecular formula is C29H27N3O3. The summed E-state index contributed by atoms with van der Waals surface area (Å²) >= 11 is 0. The summed E-state index contributed by atoms with van der Waals surface area (Å²) in [6.45, 7) is 4.47. The highest BCUT2D eigenvalue weighted by Crippen LogP contribution is 2.56. The molecule has 2 aromatic heterocycles. The number of nitrogens with zero attached hydrogens (tertiary/aromatic N) is 2. The lowest BCUT2D eigenvalue weighted by Gasteiger charge is -2.48. The lowest BCUT2D eigenvalue weighted by molar-refractivity contribution is -0.224. The number of Topliss-reactive ketones (excluding diaryl/α,β-unsaturated/α-hetero) is 1. The molecule has 1 aliphatic carbocycles. The number of fused-ring (bicyclic) bond motifs is 13. The van der Waals surface area contributed by atoms with Crippen LogP contribution in [-0.4, -0.2) is 33.1 Å². The van der Waals surface area contributed by atoms with E-state index < -0.39 is 11.8 Å². The minimum absolute atomic E-state index is 0.0231. The molecule has 176 valence electrons. The van der Waals surface area contributed by atoms with E-state index in [0.29, 0.717) is 5.56 Å². The van der Waals surface area contributed by atoms with Crippen LogP contribution in [0.2, 0.25) is 0 Å². The van der Waals surface area contributed by atoms with Gasteiger partial charge in [0.2, 0.25) is 0 Å². The number of ether oxygens (including phenoxy) is 1. The summed E-state index contributed by atoms with van der Waals surface area (Å²) in [5.41, 5.74) is 5.13. The first-order valence-electron chi connectivity index (χ1n) is 12.5. The van der Waals surface area contributed by atoms with Gasteiger partial charge in [-0.1, -0.05) is 43.3 Å². The van der Waals surface area contributed by atoms with Crippen LogP contribution in [0.1, 0.15) is 54.9 Å². The molecule has 6 nitrogen and oxygen atoms in total. The summed E-state index contributed by atoms with van der Waals surface area (Å²) in [5, 5.41) is 18.9. The SMILES string of the molecule is CN[C@@H]1C[C@H]2O[C@@](C)([C@@H]1C)n1c3ccccc3c3c4c(c5c6ccccc6n2c5c31)C(=O)C[C@@H]4O. The van der Waals surface area contributed by atoms with Gasteiger partial charge in [-0.25, -0.2) is 0 Å². The van der Waals surface area contributed by atoms with Gasteiger partial charge >= 0.3 is 0 Å². The van der Waals surface area contributed by atoms with E-state index in [4.69, 9.17) is 4.74 Å². The number of hydrogen-bond acceptors (Lipinski definition) is 4. The van der Waals surface area contributed by atoms with Gasteiger partial charge in [0.05, 0.1) is 28.2 Å². The number of aromatic nitrogens is 2. The van der Waals surface area contributed by atoms with Crippen molar-refractivity contribution in [3.63, 3.8) is 0 Å². The topological polar surface area (TPSA) is 68.4 Å². The zero-order valence-corrected chi connectivity index (χ0v) is 20.0. The van der Waals surface area contributed by atoms with Crippen molar-refractivity contribution >= 4 is 49.4 Å². The van der Waals surface area contributed by atoms with Crippen molar-refractivity contribution in [1.82, 2.24) is 14.5 Å². The molecule has 6 heteroatoms. The van der Waals surface area contributed by atoms with Gasteiger partial charge in [-0.2, -0.15) is 0 Å². The number of ketones is 1. The molecule has 2 aliphatic heterocycles. The fourth-order valence-corrected chi connectivity index (χ4v) is 7.52. The molecule has 5 atom stereocenters. The molecule has 0 saturated carbocycles. The summed E-state index contributed by atoms with van der Waals surface area (Å²) in [6, 6.07) is 16.9. The third kappa shape index (κ3) is 2.12. The third-order valence-corrected chi connectivity index (χ3v) is 9.17. The van der Waals surface area contributed by atoms with E-state index in [1.165, 1.54) is 0 Å². The Morgan fingerprint density at radius 2 is 1.71 bits per heavy atom. The van der Waals surface area contributed by atoms with Crippen LogP contribution in [0.5, 0.6) is 0 Å². The second-order valence-electron chi connectivity index (χ2n) is 10.7. The largest absolute Gasteiger partial charge is 0.388 e. The maximum Gasteiger partial charge on any atom is 0.166 e. The standard InChI is InChI=1S/C29H27N3O3/c1-14-17(30-3)12-22-31-18-10-6-4-8-15(18)23-25-20(33)13-21(34)26(25)24-16-9-5-7-11-19(16)32(28(24)27(23)31)29(14,2)35-22/h4-11,14,17,21-22,30,34H,12-13H2,1-3H3/t14-,17-,21+,22-,29+/m1/s1. The molecule has 2 bridgehead atoms. The van der Waals surface area contributed by atoms with Gasteiger partial charge < -0.3 is 24.3 Å². The van der Waals surface area contributed by atoms with Crippen LogP contribution in [0, 0.1) is 5.92 Å². The van der Waals surface area contributed by atoms with Gasteiger partial charge in [0.15, 0.2) is 5.78 Å². The van der Waals surface area contributed by atoms with Crippen molar-refractivity contribution in [3.05, 3.63) is 59.7 Å². The normalized spacial score (nSPS) is 29.7. The maximum absolute atomic E-state index is 13.5. The number of hydrogen-bond donors (Lipinski definition) is 2. The van der Waals surface area contributed by atoms with Gasteiger partial charge in [-0.3, -0.25) is 4.79 Å². The molecule has 35 heavy (non-hydrogen) atoms. The van der Waals surface area contributed by atoms with Crippen molar-refractivity contribution in [2.24, 2.45) is 5.92 Å². The quantitative estimate of drug-likeness (QED) is 0.350. The molecule has 0 amide bonds. The van der Waals surface area contributed by atoms with E-state index in [1.54, 1.807) is 0 Å². The Labute approximate surface area is 202 Å². The average molecular weight is 466 g/mol. The Hall–Kier alpha value is -3.19. The number of para-hydroxylation sites is 2. The molecule has 5 aromatic rings. The molecule has 0 spiro atoms. The van der Waals surface area contributed by atoms with E-state index in [1.807, 2.05) is 19.2 Å². The van der Waals surface area contributed by atoms with Crippen LogP contribution >= 0.6 is 0 Å². The molecule has 2 N–H and O–H groups in total. The lowest BCUT2D eigenvalue weighted by atomic mass is 9.85. The van der Waals surface area contributed by atoms with Crippen molar-refractivity contribution in [3.8, 4) is 0 Å². The lowest BCUT2D eigenvalue weighted by Crippen LogP contribution is -2.54. The highest BCUT2D eigenvalue weighted by atomic mass is 16.5. The highest BCUT2D eigenvalue weighted by molar-refractivity contribution is 6.31. The van der Waals surface area contributed by atoms with Crippen molar-refractivity contribution in [2.75, 3.05) is 7.05 Å². The Morgan fingerprint density at radius 3 is 2.46 bits per heavy atom. The maximum atomic E-state index is 13.5. The van der Waals surface area contributed by atoms with Crippen LogP contribution in [0.15, 0.2) is 48.5 Å². The van der Waals surface area contributed by atoms with Crippen LogP contribution in [0.25, 0.3) is 43.6 Å². The van der Waals surface area contributed by atoms with Crippen molar-refractivity contribution < 1.29 is 14.6 Å². The number of benzene rings is 3. The number of carbonyl (C=O) groups is 1. The first-order valence-corrected chi connectivity index (χ1v) is 12.5. The number of nitrogens with one attached hydrogen (secondary N) is 1. The van der Waals surface area contributed by atoms with E-state index in [2.05, 4.69) is 64.7 Å². The summed E-state index contributed by atoms with van der Waals surface area (Å²) in [5.74, 6) is 0.212. The van der Waals surface area contributed by atoms with Gasteiger partial charge in [0.1, 0.15) is 12.0 Å². The molecule has 1 saturated heterocycles. The molecule has 8 rings (SSSR count). The van der Waals surface area contributed by atoms with E-state index in [-0.39, 0.29) is 30.4 Å². The molecule has 3 aromatic carbocycles. The van der Waals surface area contributed by atoms with Crippen molar-refractivity contribution in [2.45, 2.75) is 50.8 Å². The summed E-state index contributed by atoms with van der Waals surface area (Å²) < 4.78 is 11.8. The van der Waals surface area contributed by atoms with E-state index in [9.17, 15) is 9.90 Å².